The monoisotopic (exact) mass is 427 g/mol. The van der Waals surface area contributed by atoms with E-state index in [4.69, 9.17) is 0 Å². The fourth-order valence-electron chi connectivity index (χ4n) is 1.33. The molecule has 1 heterocycles. The number of benzene rings is 1. The summed E-state index contributed by atoms with van der Waals surface area (Å²) in [4.78, 5) is 6.54. The summed E-state index contributed by atoms with van der Waals surface area (Å²) in [6.45, 7) is 0. The number of hydrogen-bond acceptors (Lipinski definition) is 4. The van der Waals surface area contributed by atoms with Gasteiger partial charge < -0.3 is 0 Å². The van der Waals surface area contributed by atoms with Crippen LogP contribution in [0.25, 0.3) is 0 Å². The smallest absolute Gasteiger partial charge is 0.261 e. The third-order valence-electron chi connectivity index (χ3n) is 2.12. The van der Waals surface area contributed by atoms with E-state index in [1.807, 2.05) is 4.72 Å². The minimum atomic E-state index is -4.46. The van der Waals surface area contributed by atoms with E-state index in [1.54, 1.807) is 0 Å². The molecule has 0 amide bonds. The van der Waals surface area contributed by atoms with Crippen LogP contribution in [-0.4, -0.2) is 18.4 Å². The Kier molecular flexibility index (Phi) is 4.35. The Morgan fingerprint density at radius 2 is 1.75 bits per heavy atom. The molecule has 0 saturated heterocycles. The predicted octanol–water partition coefficient (Wildman–Crippen LogP) is 3.08. The van der Waals surface area contributed by atoms with Crippen LogP contribution in [-0.2, 0) is 10.0 Å². The summed E-state index contributed by atoms with van der Waals surface area (Å²) in [5.41, 5.74) is 0. The lowest BCUT2D eigenvalue weighted by Crippen LogP contribution is -2.17. The van der Waals surface area contributed by atoms with Gasteiger partial charge in [0.15, 0.2) is 15.3 Å². The Morgan fingerprint density at radius 1 is 1.15 bits per heavy atom. The molecule has 10 heteroatoms. The summed E-state index contributed by atoms with van der Waals surface area (Å²) < 4.78 is 53.4. The summed E-state index contributed by atoms with van der Waals surface area (Å²) in [5, 5.41) is 0. The van der Waals surface area contributed by atoms with Gasteiger partial charge in [-0.25, -0.2) is 27.2 Å². The summed E-state index contributed by atoms with van der Waals surface area (Å²) in [6.07, 6.45) is 1.24. The Labute approximate surface area is 129 Å². The molecule has 20 heavy (non-hydrogen) atoms. The van der Waals surface area contributed by atoms with Crippen LogP contribution in [0, 0.1) is 11.6 Å². The lowest BCUT2D eigenvalue weighted by molar-refractivity contribution is 0.521. The Hall–Kier alpha value is -1.13. The van der Waals surface area contributed by atoms with Gasteiger partial charge in [0.05, 0.1) is 6.20 Å². The van der Waals surface area contributed by atoms with Crippen molar-refractivity contribution in [3.63, 3.8) is 0 Å². The SMILES string of the molecule is O=S(=O)(Nc1ncc(Br)nc1Br)c1c(F)cccc1F. The summed E-state index contributed by atoms with van der Waals surface area (Å²) in [6, 6.07) is 2.76. The highest BCUT2D eigenvalue weighted by Gasteiger charge is 2.25. The molecule has 0 unspecified atom stereocenters. The number of nitrogens with zero attached hydrogens (tertiary/aromatic N) is 2. The molecule has 0 aliphatic rings. The van der Waals surface area contributed by atoms with E-state index in [0.717, 1.165) is 18.2 Å². The standard InChI is InChI=1S/C10H5Br2F2N3O2S/c11-7-4-15-10(9(12)16-7)17-20(18,19)8-5(13)2-1-3-6(8)14/h1-4H,(H,15,17). The maximum atomic E-state index is 13.5. The number of rotatable bonds is 3. The molecular weight excluding hydrogens is 424 g/mol. The molecule has 5 nitrogen and oxygen atoms in total. The van der Waals surface area contributed by atoms with E-state index >= 15 is 0 Å². The number of halogens is 4. The molecule has 0 spiro atoms. The number of hydrogen-bond donors (Lipinski definition) is 1. The summed E-state index contributed by atoms with van der Waals surface area (Å²) >= 11 is 6.03. The van der Waals surface area contributed by atoms with Gasteiger partial charge in [0.1, 0.15) is 16.2 Å². The van der Waals surface area contributed by atoms with Crippen LogP contribution in [0.15, 0.2) is 38.5 Å². The molecular formula is C10H5Br2F2N3O2S. The normalized spacial score (nSPS) is 11.4. The van der Waals surface area contributed by atoms with Crippen LogP contribution in [0.3, 0.4) is 0 Å². The first-order valence-electron chi connectivity index (χ1n) is 4.96. The number of anilines is 1. The topological polar surface area (TPSA) is 72.0 Å². The van der Waals surface area contributed by atoms with Crippen LogP contribution in [0.2, 0.25) is 0 Å². The zero-order chi connectivity index (χ0) is 14.9. The molecule has 2 aromatic rings. The molecule has 1 aromatic carbocycles. The summed E-state index contributed by atoms with van der Waals surface area (Å²) in [7, 11) is -4.46. The van der Waals surface area contributed by atoms with Gasteiger partial charge >= 0.3 is 0 Å². The van der Waals surface area contributed by atoms with Crippen molar-refractivity contribution >= 4 is 47.7 Å². The van der Waals surface area contributed by atoms with Crippen molar-refractivity contribution in [2.45, 2.75) is 4.90 Å². The van der Waals surface area contributed by atoms with Crippen molar-refractivity contribution < 1.29 is 17.2 Å². The van der Waals surface area contributed by atoms with Crippen LogP contribution < -0.4 is 4.72 Å². The van der Waals surface area contributed by atoms with E-state index in [9.17, 15) is 17.2 Å². The first-order valence-corrected chi connectivity index (χ1v) is 8.03. The van der Waals surface area contributed by atoms with Crippen molar-refractivity contribution in [1.29, 1.82) is 0 Å². The molecule has 2 rings (SSSR count). The number of nitrogens with one attached hydrogen (secondary N) is 1. The molecule has 0 saturated carbocycles. The van der Waals surface area contributed by atoms with Crippen molar-refractivity contribution in [3.8, 4) is 0 Å². The zero-order valence-corrected chi connectivity index (χ0v) is 13.4. The van der Waals surface area contributed by atoms with E-state index in [0.29, 0.717) is 4.60 Å². The first kappa shape index (κ1) is 15.3. The zero-order valence-electron chi connectivity index (χ0n) is 9.44. The summed E-state index contributed by atoms with van der Waals surface area (Å²) in [5.74, 6) is -2.58. The Balaban J connectivity index is 2.46. The van der Waals surface area contributed by atoms with Crippen LogP contribution >= 0.6 is 31.9 Å². The quantitative estimate of drug-likeness (QED) is 0.815. The average Bonchev–Trinajstić information content (AvgIpc) is 2.32. The van der Waals surface area contributed by atoms with Gasteiger partial charge in [-0.05, 0) is 44.0 Å². The van der Waals surface area contributed by atoms with Gasteiger partial charge in [-0.2, -0.15) is 0 Å². The molecule has 106 valence electrons. The lowest BCUT2D eigenvalue weighted by atomic mass is 10.3. The number of aromatic nitrogens is 2. The third-order valence-corrected chi connectivity index (χ3v) is 4.44. The Bertz CT molecular complexity index is 751. The van der Waals surface area contributed by atoms with Gasteiger partial charge in [0.2, 0.25) is 0 Å². The minimum Gasteiger partial charge on any atom is -0.261 e. The van der Waals surface area contributed by atoms with Gasteiger partial charge in [-0.15, -0.1) is 0 Å². The molecule has 0 aliphatic carbocycles. The maximum absolute atomic E-state index is 13.5. The molecule has 0 aliphatic heterocycles. The van der Waals surface area contributed by atoms with Crippen molar-refractivity contribution in [2.24, 2.45) is 0 Å². The van der Waals surface area contributed by atoms with Gasteiger partial charge in [0.25, 0.3) is 10.0 Å². The van der Waals surface area contributed by atoms with E-state index in [-0.39, 0.29) is 10.4 Å². The Morgan fingerprint density at radius 3 is 2.30 bits per heavy atom. The third kappa shape index (κ3) is 3.13. The average molecular weight is 429 g/mol. The van der Waals surface area contributed by atoms with E-state index < -0.39 is 26.6 Å². The fourth-order valence-corrected chi connectivity index (χ4v) is 3.53. The van der Waals surface area contributed by atoms with Crippen molar-refractivity contribution in [1.82, 2.24) is 9.97 Å². The van der Waals surface area contributed by atoms with Crippen LogP contribution in [0.4, 0.5) is 14.6 Å². The second kappa shape index (κ2) is 5.70. The van der Waals surface area contributed by atoms with Crippen molar-refractivity contribution in [2.75, 3.05) is 4.72 Å². The lowest BCUT2D eigenvalue weighted by Gasteiger charge is -2.09. The first-order chi connectivity index (χ1) is 9.31. The van der Waals surface area contributed by atoms with Crippen molar-refractivity contribution in [3.05, 3.63) is 45.2 Å². The highest BCUT2D eigenvalue weighted by Crippen LogP contribution is 2.25. The molecule has 1 N–H and O–H groups in total. The van der Waals surface area contributed by atoms with Gasteiger partial charge in [-0.1, -0.05) is 6.07 Å². The molecule has 0 bridgehead atoms. The van der Waals surface area contributed by atoms with Gasteiger partial charge in [0, 0.05) is 0 Å². The largest absolute Gasteiger partial charge is 0.268 e. The van der Waals surface area contributed by atoms with Crippen LogP contribution in [0.1, 0.15) is 0 Å². The second-order valence-electron chi connectivity index (χ2n) is 3.49. The molecule has 0 atom stereocenters. The van der Waals surface area contributed by atoms with Crippen LogP contribution in [0.5, 0.6) is 0 Å². The fraction of sp³-hybridized carbons (Fsp3) is 0. The second-order valence-corrected chi connectivity index (χ2v) is 6.67. The van der Waals surface area contributed by atoms with E-state index in [2.05, 4.69) is 41.8 Å². The minimum absolute atomic E-state index is 0.0761. The predicted molar refractivity (Wildman–Crippen MR) is 74.6 cm³/mol. The number of sulfonamides is 1. The van der Waals surface area contributed by atoms with E-state index in [1.165, 1.54) is 6.20 Å². The maximum Gasteiger partial charge on any atom is 0.268 e. The highest BCUT2D eigenvalue weighted by atomic mass is 79.9. The molecule has 1 aromatic heterocycles. The molecule has 0 fully saturated rings. The highest BCUT2D eigenvalue weighted by molar-refractivity contribution is 9.11. The molecule has 0 radical (unpaired) electrons. The van der Waals surface area contributed by atoms with Gasteiger partial charge in [-0.3, -0.25) is 4.72 Å².